The van der Waals surface area contributed by atoms with Crippen LogP contribution in [0.25, 0.3) is 32.4 Å². The number of pyridine rings is 1. The molecule has 0 aliphatic rings. The number of hydrogen-bond acceptors (Lipinski definition) is 4. The highest BCUT2D eigenvalue weighted by molar-refractivity contribution is 6.20. The monoisotopic (exact) mass is 363 g/mol. The SMILES string of the molecule is COc1cc2c(=O)n(C)c3c4ccccc4c(C(=O)O)cc3c2cc1OC. The number of carboxylic acid groups (broad SMARTS) is 1. The molecule has 0 aliphatic carbocycles. The minimum atomic E-state index is -1.02. The predicted molar refractivity (Wildman–Crippen MR) is 104 cm³/mol. The number of aryl methyl sites for hydroxylation is 1. The van der Waals surface area contributed by atoms with Gasteiger partial charge < -0.3 is 19.1 Å². The summed E-state index contributed by atoms with van der Waals surface area (Å²) in [5, 5.41) is 12.7. The van der Waals surface area contributed by atoms with Gasteiger partial charge in [-0.15, -0.1) is 0 Å². The number of carboxylic acids is 1. The van der Waals surface area contributed by atoms with Crippen molar-refractivity contribution < 1.29 is 19.4 Å². The lowest BCUT2D eigenvalue weighted by Gasteiger charge is -2.15. The van der Waals surface area contributed by atoms with E-state index in [1.54, 1.807) is 41.9 Å². The molecular formula is C21H17NO5. The van der Waals surface area contributed by atoms with Crippen molar-refractivity contribution >= 4 is 38.4 Å². The van der Waals surface area contributed by atoms with E-state index in [9.17, 15) is 14.7 Å². The molecule has 0 radical (unpaired) electrons. The summed E-state index contributed by atoms with van der Waals surface area (Å²) in [6.07, 6.45) is 0. The number of nitrogens with zero attached hydrogens (tertiary/aromatic N) is 1. The first-order valence-corrected chi connectivity index (χ1v) is 8.31. The zero-order valence-electron chi connectivity index (χ0n) is 15.1. The molecule has 3 aromatic carbocycles. The molecule has 1 heterocycles. The molecule has 0 saturated heterocycles. The van der Waals surface area contributed by atoms with Gasteiger partial charge in [0.05, 0.1) is 30.7 Å². The van der Waals surface area contributed by atoms with E-state index in [1.807, 2.05) is 12.1 Å². The average molecular weight is 363 g/mol. The molecule has 0 bridgehead atoms. The topological polar surface area (TPSA) is 77.8 Å². The summed E-state index contributed by atoms with van der Waals surface area (Å²) in [7, 11) is 4.71. The van der Waals surface area contributed by atoms with Crippen LogP contribution in [0.15, 0.2) is 47.3 Å². The quantitative estimate of drug-likeness (QED) is 0.563. The molecule has 0 spiro atoms. The normalized spacial score (nSPS) is 11.2. The number of aromatic nitrogens is 1. The highest BCUT2D eigenvalue weighted by Gasteiger charge is 2.19. The van der Waals surface area contributed by atoms with Crippen molar-refractivity contribution in [1.29, 1.82) is 0 Å². The minimum Gasteiger partial charge on any atom is -0.493 e. The van der Waals surface area contributed by atoms with Crippen molar-refractivity contribution in [2.24, 2.45) is 7.05 Å². The number of aromatic carboxylic acids is 1. The van der Waals surface area contributed by atoms with E-state index >= 15 is 0 Å². The van der Waals surface area contributed by atoms with E-state index in [1.165, 1.54) is 14.2 Å². The summed E-state index contributed by atoms with van der Waals surface area (Å²) in [6, 6.07) is 12.2. The smallest absolute Gasteiger partial charge is 0.336 e. The molecule has 6 heteroatoms. The van der Waals surface area contributed by atoms with Gasteiger partial charge in [-0.25, -0.2) is 4.79 Å². The lowest BCUT2D eigenvalue weighted by Crippen LogP contribution is -2.18. The van der Waals surface area contributed by atoms with Crippen molar-refractivity contribution in [1.82, 2.24) is 4.57 Å². The number of methoxy groups -OCH3 is 2. The lowest BCUT2D eigenvalue weighted by atomic mass is 9.96. The molecule has 0 fully saturated rings. The fourth-order valence-electron chi connectivity index (χ4n) is 3.66. The molecule has 4 rings (SSSR count). The standard InChI is InChI=1S/C21H17NO5/c1-22-19-12-7-5-4-6-11(12)16(21(24)25)8-14(19)13-9-17(26-2)18(27-3)10-15(13)20(22)23/h4-10H,1-3H3,(H,24,25). The van der Waals surface area contributed by atoms with Crippen LogP contribution in [-0.2, 0) is 7.05 Å². The fraction of sp³-hybridized carbons (Fsp3) is 0.143. The van der Waals surface area contributed by atoms with Gasteiger partial charge in [-0.2, -0.15) is 0 Å². The van der Waals surface area contributed by atoms with Gasteiger partial charge in [0.1, 0.15) is 0 Å². The second-order valence-electron chi connectivity index (χ2n) is 6.29. The zero-order valence-corrected chi connectivity index (χ0v) is 15.1. The second kappa shape index (κ2) is 6.02. The number of carbonyl (C=O) groups is 1. The first-order valence-electron chi connectivity index (χ1n) is 8.31. The first kappa shape index (κ1) is 16.9. The minimum absolute atomic E-state index is 0.188. The summed E-state index contributed by atoms with van der Waals surface area (Å²) in [5.74, 6) is -0.0964. The maximum atomic E-state index is 13.0. The molecule has 6 nitrogen and oxygen atoms in total. The van der Waals surface area contributed by atoms with E-state index in [0.29, 0.717) is 43.9 Å². The Morgan fingerprint density at radius 1 is 0.889 bits per heavy atom. The molecule has 1 aromatic heterocycles. The number of hydrogen-bond donors (Lipinski definition) is 1. The van der Waals surface area contributed by atoms with Gasteiger partial charge in [0.15, 0.2) is 11.5 Å². The van der Waals surface area contributed by atoms with Crippen LogP contribution in [0.1, 0.15) is 10.4 Å². The Balaban J connectivity index is 2.35. The molecule has 1 N–H and O–H groups in total. The van der Waals surface area contributed by atoms with Crippen LogP contribution < -0.4 is 15.0 Å². The Morgan fingerprint density at radius 2 is 1.48 bits per heavy atom. The first-order chi connectivity index (χ1) is 13.0. The van der Waals surface area contributed by atoms with Gasteiger partial charge in [-0.1, -0.05) is 24.3 Å². The Hall–Kier alpha value is -3.54. The Labute approximate surface area is 154 Å². The van der Waals surface area contributed by atoms with Crippen molar-refractivity contribution in [3.8, 4) is 11.5 Å². The highest BCUT2D eigenvalue weighted by Crippen LogP contribution is 2.37. The van der Waals surface area contributed by atoms with Gasteiger partial charge in [-0.3, -0.25) is 4.79 Å². The molecule has 0 aliphatic heterocycles. The third-order valence-electron chi connectivity index (χ3n) is 4.93. The molecule has 136 valence electrons. The van der Waals surface area contributed by atoms with Crippen molar-refractivity contribution in [3.63, 3.8) is 0 Å². The molecule has 0 unspecified atom stereocenters. The maximum absolute atomic E-state index is 13.0. The summed E-state index contributed by atoms with van der Waals surface area (Å²) < 4.78 is 12.2. The van der Waals surface area contributed by atoms with Gasteiger partial charge in [-0.05, 0) is 23.6 Å². The Bertz CT molecular complexity index is 1300. The number of ether oxygens (including phenoxy) is 2. The average Bonchev–Trinajstić information content (AvgIpc) is 2.69. The van der Waals surface area contributed by atoms with Crippen molar-refractivity contribution in [3.05, 3.63) is 58.4 Å². The van der Waals surface area contributed by atoms with Gasteiger partial charge >= 0.3 is 5.97 Å². The van der Waals surface area contributed by atoms with Crippen molar-refractivity contribution in [2.45, 2.75) is 0 Å². The van der Waals surface area contributed by atoms with Crippen LogP contribution >= 0.6 is 0 Å². The Kier molecular flexibility index (Phi) is 3.77. The molecule has 0 amide bonds. The van der Waals surface area contributed by atoms with Crippen LogP contribution in [0.3, 0.4) is 0 Å². The fourth-order valence-corrected chi connectivity index (χ4v) is 3.66. The van der Waals surface area contributed by atoms with E-state index in [4.69, 9.17) is 9.47 Å². The Morgan fingerprint density at radius 3 is 2.07 bits per heavy atom. The molecular weight excluding hydrogens is 346 g/mol. The molecule has 0 atom stereocenters. The second-order valence-corrected chi connectivity index (χ2v) is 6.29. The number of fused-ring (bicyclic) bond motifs is 5. The third kappa shape index (κ3) is 2.33. The van der Waals surface area contributed by atoms with E-state index in [-0.39, 0.29) is 11.1 Å². The van der Waals surface area contributed by atoms with Crippen LogP contribution in [0, 0.1) is 0 Å². The summed E-state index contributed by atoms with van der Waals surface area (Å²) in [5.41, 5.74) is 0.680. The van der Waals surface area contributed by atoms with Crippen LogP contribution in [0.4, 0.5) is 0 Å². The number of rotatable bonds is 3. The number of benzene rings is 3. The van der Waals surface area contributed by atoms with Crippen LogP contribution in [-0.4, -0.2) is 29.9 Å². The lowest BCUT2D eigenvalue weighted by molar-refractivity contribution is 0.0699. The molecule has 4 aromatic rings. The highest BCUT2D eigenvalue weighted by atomic mass is 16.5. The van der Waals surface area contributed by atoms with E-state index in [0.717, 1.165) is 0 Å². The van der Waals surface area contributed by atoms with Crippen molar-refractivity contribution in [2.75, 3.05) is 14.2 Å². The maximum Gasteiger partial charge on any atom is 0.336 e. The summed E-state index contributed by atoms with van der Waals surface area (Å²) in [4.78, 5) is 24.9. The van der Waals surface area contributed by atoms with Crippen LogP contribution in [0.2, 0.25) is 0 Å². The van der Waals surface area contributed by atoms with E-state index < -0.39 is 5.97 Å². The van der Waals surface area contributed by atoms with Gasteiger partial charge in [0, 0.05) is 23.2 Å². The molecule has 27 heavy (non-hydrogen) atoms. The van der Waals surface area contributed by atoms with Crippen LogP contribution in [0.5, 0.6) is 11.5 Å². The van der Waals surface area contributed by atoms with Gasteiger partial charge in [0.25, 0.3) is 5.56 Å². The third-order valence-corrected chi connectivity index (χ3v) is 4.93. The summed E-state index contributed by atoms with van der Waals surface area (Å²) in [6.45, 7) is 0. The largest absolute Gasteiger partial charge is 0.493 e. The molecule has 0 saturated carbocycles. The van der Waals surface area contributed by atoms with E-state index in [2.05, 4.69) is 0 Å². The summed E-state index contributed by atoms with van der Waals surface area (Å²) >= 11 is 0. The van der Waals surface area contributed by atoms with Gasteiger partial charge in [0.2, 0.25) is 0 Å². The predicted octanol–water partition coefficient (Wildman–Crippen LogP) is 3.56. The zero-order chi connectivity index (χ0) is 19.3.